The second-order valence-electron chi connectivity index (χ2n) is 4.86. The van der Waals surface area contributed by atoms with E-state index in [1.807, 2.05) is 0 Å². The predicted octanol–water partition coefficient (Wildman–Crippen LogP) is -0.887. The largest absolute Gasteiger partial charge is 0.352 e. The Hall–Kier alpha value is -1.41. The van der Waals surface area contributed by atoms with Gasteiger partial charge in [0.15, 0.2) is 0 Å². The summed E-state index contributed by atoms with van der Waals surface area (Å²) in [6, 6.07) is -0.883. The van der Waals surface area contributed by atoms with Gasteiger partial charge < -0.3 is 11.1 Å². The maximum Gasteiger partial charge on any atom is 0.241 e. The molecule has 19 heavy (non-hydrogen) atoms. The molecule has 2 rings (SSSR count). The summed E-state index contributed by atoms with van der Waals surface area (Å²) in [5.41, 5.74) is 6.48. The Morgan fingerprint density at radius 1 is 1.53 bits per heavy atom. The summed E-state index contributed by atoms with van der Waals surface area (Å²) in [6.07, 6.45) is 4.15. The third-order valence-electron chi connectivity index (χ3n) is 3.27. The Kier molecular flexibility index (Phi) is 3.91. The van der Waals surface area contributed by atoms with Crippen molar-refractivity contribution in [3.8, 4) is 0 Å². The van der Waals surface area contributed by atoms with E-state index < -0.39 is 15.9 Å². The van der Waals surface area contributed by atoms with Crippen LogP contribution in [-0.2, 0) is 21.7 Å². The van der Waals surface area contributed by atoms with Crippen molar-refractivity contribution >= 4 is 15.7 Å². The molecule has 0 spiro atoms. The lowest BCUT2D eigenvalue weighted by Crippen LogP contribution is -2.44. The van der Waals surface area contributed by atoms with Gasteiger partial charge in [-0.3, -0.25) is 9.48 Å². The quantitative estimate of drug-likeness (QED) is 0.750. The van der Waals surface area contributed by atoms with Crippen LogP contribution in [0.15, 0.2) is 12.4 Å². The number of nitrogens with zero attached hydrogens (tertiary/aromatic N) is 2. The second-order valence-corrected chi connectivity index (χ2v) is 7.16. The maximum absolute atomic E-state index is 12.0. The second kappa shape index (κ2) is 5.30. The molecule has 0 radical (unpaired) electrons. The summed E-state index contributed by atoms with van der Waals surface area (Å²) >= 11 is 0. The van der Waals surface area contributed by atoms with Gasteiger partial charge in [0.05, 0.1) is 17.7 Å². The van der Waals surface area contributed by atoms with Gasteiger partial charge in [-0.15, -0.1) is 0 Å². The normalized spacial score (nSPS) is 20.9. The first-order valence-electron chi connectivity index (χ1n) is 6.12. The van der Waals surface area contributed by atoms with Gasteiger partial charge in [-0.25, -0.2) is 8.42 Å². The predicted molar refractivity (Wildman–Crippen MR) is 70.0 cm³/mol. The molecular weight excluding hydrogens is 268 g/mol. The average molecular weight is 286 g/mol. The van der Waals surface area contributed by atoms with E-state index in [2.05, 4.69) is 10.4 Å². The number of nitrogens with one attached hydrogen (secondary N) is 1. The van der Waals surface area contributed by atoms with Crippen molar-refractivity contribution in [3.63, 3.8) is 0 Å². The monoisotopic (exact) mass is 286 g/mol. The van der Waals surface area contributed by atoms with Crippen molar-refractivity contribution in [1.29, 1.82) is 0 Å². The van der Waals surface area contributed by atoms with Crippen molar-refractivity contribution in [3.05, 3.63) is 18.0 Å². The topological polar surface area (TPSA) is 107 Å². The fourth-order valence-electron chi connectivity index (χ4n) is 2.08. The Morgan fingerprint density at radius 3 is 2.68 bits per heavy atom. The minimum Gasteiger partial charge on any atom is -0.352 e. The van der Waals surface area contributed by atoms with E-state index in [0.29, 0.717) is 18.4 Å². The van der Waals surface area contributed by atoms with Gasteiger partial charge in [-0.1, -0.05) is 0 Å². The van der Waals surface area contributed by atoms with Crippen molar-refractivity contribution in [2.24, 2.45) is 12.8 Å². The van der Waals surface area contributed by atoms with E-state index in [-0.39, 0.29) is 23.5 Å². The molecule has 1 aliphatic rings. The van der Waals surface area contributed by atoms with Crippen LogP contribution < -0.4 is 11.1 Å². The van der Waals surface area contributed by atoms with E-state index in [1.54, 1.807) is 24.1 Å². The van der Waals surface area contributed by atoms with E-state index in [4.69, 9.17) is 5.73 Å². The highest BCUT2D eigenvalue weighted by Crippen LogP contribution is 2.14. The van der Waals surface area contributed by atoms with Gasteiger partial charge in [0, 0.05) is 24.8 Å². The number of hydrogen-bond acceptors (Lipinski definition) is 5. The number of sulfone groups is 1. The summed E-state index contributed by atoms with van der Waals surface area (Å²) in [4.78, 5) is 12.0. The minimum absolute atomic E-state index is 0.112. The van der Waals surface area contributed by atoms with E-state index in [1.165, 1.54) is 0 Å². The van der Waals surface area contributed by atoms with Crippen LogP contribution in [0, 0.1) is 0 Å². The van der Waals surface area contributed by atoms with Crippen LogP contribution in [-0.4, -0.2) is 41.7 Å². The average Bonchev–Trinajstić information content (AvgIpc) is 2.77. The molecule has 8 heteroatoms. The summed E-state index contributed by atoms with van der Waals surface area (Å²) in [7, 11) is -1.17. The fourth-order valence-corrected chi connectivity index (χ4v) is 3.57. The molecule has 1 atom stereocenters. The zero-order valence-corrected chi connectivity index (χ0v) is 11.6. The summed E-state index contributed by atoms with van der Waals surface area (Å²) in [5.74, 6) is -0.0440. The van der Waals surface area contributed by atoms with Gasteiger partial charge >= 0.3 is 0 Å². The highest BCUT2D eigenvalue weighted by molar-refractivity contribution is 7.91. The molecule has 0 aromatic carbocycles. The van der Waals surface area contributed by atoms with Gasteiger partial charge in [0.2, 0.25) is 5.91 Å². The van der Waals surface area contributed by atoms with Gasteiger partial charge in [-0.05, 0) is 12.8 Å². The lowest BCUT2D eigenvalue weighted by Gasteiger charge is -2.24. The molecule has 1 aromatic rings. The number of rotatable bonds is 3. The molecule has 0 bridgehead atoms. The Labute approximate surface area is 112 Å². The molecule has 3 N–H and O–H groups in total. The first-order chi connectivity index (χ1) is 8.87. The molecule has 2 heterocycles. The number of hydrogen-bond donors (Lipinski definition) is 2. The number of nitrogens with two attached hydrogens (primary N) is 1. The van der Waals surface area contributed by atoms with Crippen molar-refractivity contribution < 1.29 is 13.2 Å². The molecular formula is C11H18N4O3S. The Bertz CT molecular complexity index is 552. The zero-order chi connectivity index (χ0) is 14.0. The lowest BCUT2D eigenvalue weighted by molar-refractivity contribution is -0.123. The van der Waals surface area contributed by atoms with Crippen LogP contribution >= 0.6 is 0 Å². The molecule has 7 nitrogen and oxygen atoms in total. The molecule has 1 aromatic heterocycles. The number of amides is 1. The van der Waals surface area contributed by atoms with Crippen molar-refractivity contribution in [1.82, 2.24) is 15.1 Å². The number of aromatic nitrogens is 2. The first kappa shape index (κ1) is 14.0. The summed E-state index contributed by atoms with van der Waals surface area (Å²) < 4.78 is 24.2. The third kappa shape index (κ3) is 3.54. The lowest BCUT2D eigenvalue weighted by atomic mass is 10.1. The van der Waals surface area contributed by atoms with Crippen LogP contribution in [0.5, 0.6) is 0 Å². The third-order valence-corrected chi connectivity index (χ3v) is 4.98. The molecule has 1 amide bonds. The van der Waals surface area contributed by atoms with E-state index in [9.17, 15) is 13.2 Å². The van der Waals surface area contributed by atoms with Crippen LogP contribution in [0.25, 0.3) is 0 Å². The van der Waals surface area contributed by atoms with Crippen molar-refractivity contribution in [2.75, 3.05) is 11.5 Å². The molecule has 1 saturated heterocycles. The molecule has 0 saturated carbocycles. The highest BCUT2D eigenvalue weighted by atomic mass is 32.2. The van der Waals surface area contributed by atoms with E-state index in [0.717, 1.165) is 0 Å². The Morgan fingerprint density at radius 2 is 2.16 bits per heavy atom. The maximum atomic E-state index is 12.0. The SMILES string of the molecule is Cn1cc(C(N)C(=O)NC2CCS(=O)(=O)CC2)cn1. The number of carbonyl (C=O) groups is 1. The minimum atomic E-state index is -2.92. The van der Waals surface area contributed by atoms with Crippen LogP contribution in [0.1, 0.15) is 24.4 Å². The van der Waals surface area contributed by atoms with Crippen LogP contribution in [0.3, 0.4) is 0 Å². The Balaban J connectivity index is 1.91. The number of carbonyl (C=O) groups excluding carboxylic acids is 1. The molecule has 0 aliphatic carbocycles. The van der Waals surface area contributed by atoms with E-state index >= 15 is 0 Å². The molecule has 106 valence electrons. The standard InChI is InChI=1S/C11H18N4O3S/c1-15-7-8(6-13-15)10(12)11(16)14-9-2-4-19(17,18)5-3-9/h6-7,9-10H,2-5,12H2,1H3,(H,14,16). The van der Waals surface area contributed by atoms with Gasteiger partial charge in [0.25, 0.3) is 0 Å². The number of aryl methyl sites for hydroxylation is 1. The van der Waals surface area contributed by atoms with Gasteiger partial charge in [-0.2, -0.15) is 5.10 Å². The zero-order valence-electron chi connectivity index (χ0n) is 10.7. The smallest absolute Gasteiger partial charge is 0.241 e. The fraction of sp³-hybridized carbons (Fsp3) is 0.636. The van der Waals surface area contributed by atoms with Gasteiger partial charge in [0.1, 0.15) is 15.9 Å². The van der Waals surface area contributed by atoms with Crippen LogP contribution in [0.2, 0.25) is 0 Å². The molecule has 1 aliphatic heterocycles. The highest BCUT2D eigenvalue weighted by Gasteiger charge is 2.26. The van der Waals surface area contributed by atoms with Crippen molar-refractivity contribution in [2.45, 2.75) is 24.9 Å². The summed E-state index contributed by atoms with van der Waals surface area (Å²) in [6.45, 7) is 0. The first-order valence-corrected chi connectivity index (χ1v) is 7.94. The summed E-state index contributed by atoms with van der Waals surface area (Å²) in [5, 5.41) is 6.76. The molecule has 1 fully saturated rings. The van der Waals surface area contributed by atoms with Crippen LogP contribution in [0.4, 0.5) is 0 Å². The molecule has 1 unspecified atom stereocenters.